The Morgan fingerprint density at radius 2 is 1.88 bits per heavy atom. The summed E-state index contributed by atoms with van der Waals surface area (Å²) < 4.78 is 5.53. The third-order valence-electron chi connectivity index (χ3n) is 2.82. The van der Waals surface area contributed by atoms with Crippen molar-refractivity contribution in [2.24, 2.45) is 0 Å². The Hall–Kier alpha value is -1.54. The molecule has 0 saturated heterocycles. The lowest BCUT2D eigenvalue weighted by atomic mass is 10.0. The average molecular weight is 229 g/mol. The molecule has 1 aromatic carbocycles. The summed E-state index contributed by atoms with van der Waals surface area (Å²) in [5, 5.41) is 3.37. The largest absolute Gasteiger partial charge is 0.467 e. The van der Waals surface area contributed by atoms with Crippen molar-refractivity contribution in [3.8, 4) is 11.1 Å². The standard InChI is InChI=1S/C15H19NO/c1-3-9-16-11-15-14(8-10-17-15)13-6-4-12(2)5-7-13/h4-8,10,16H,3,9,11H2,1-2H3. The molecule has 2 aromatic rings. The van der Waals surface area contributed by atoms with Crippen LogP contribution in [0.1, 0.15) is 24.7 Å². The van der Waals surface area contributed by atoms with E-state index >= 15 is 0 Å². The van der Waals surface area contributed by atoms with Gasteiger partial charge in [0.1, 0.15) is 5.76 Å². The molecule has 2 nitrogen and oxygen atoms in total. The normalized spacial score (nSPS) is 10.7. The smallest absolute Gasteiger partial charge is 0.125 e. The predicted octanol–water partition coefficient (Wildman–Crippen LogP) is 3.75. The van der Waals surface area contributed by atoms with Gasteiger partial charge in [-0.15, -0.1) is 0 Å². The third kappa shape index (κ3) is 2.98. The van der Waals surface area contributed by atoms with Gasteiger partial charge in [-0.1, -0.05) is 36.8 Å². The van der Waals surface area contributed by atoms with Crippen molar-refractivity contribution in [3.05, 3.63) is 47.9 Å². The van der Waals surface area contributed by atoms with Crippen LogP contribution in [-0.4, -0.2) is 6.54 Å². The fraction of sp³-hybridized carbons (Fsp3) is 0.333. The molecule has 0 aliphatic heterocycles. The molecular formula is C15H19NO. The van der Waals surface area contributed by atoms with E-state index in [2.05, 4.69) is 43.4 Å². The Morgan fingerprint density at radius 3 is 2.59 bits per heavy atom. The van der Waals surface area contributed by atoms with Crippen LogP contribution in [0, 0.1) is 6.92 Å². The zero-order chi connectivity index (χ0) is 12.1. The lowest BCUT2D eigenvalue weighted by Crippen LogP contribution is -2.13. The van der Waals surface area contributed by atoms with E-state index in [4.69, 9.17) is 4.42 Å². The molecule has 1 aromatic heterocycles. The van der Waals surface area contributed by atoms with Crippen LogP contribution in [-0.2, 0) is 6.54 Å². The second kappa shape index (κ2) is 5.69. The number of furan rings is 1. The van der Waals surface area contributed by atoms with Crippen LogP contribution in [0.2, 0.25) is 0 Å². The Bertz CT molecular complexity index is 456. The van der Waals surface area contributed by atoms with Crippen LogP contribution in [0.5, 0.6) is 0 Å². The van der Waals surface area contributed by atoms with Gasteiger partial charge in [0, 0.05) is 5.56 Å². The van der Waals surface area contributed by atoms with Gasteiger partial charge in [-0.25, -0.2) is 0 Å². The molecule has 0 fully saturated rings. The highest BCUT2D eigenvalue weighted by Gasteiger charge is 2.07. The fourth-order valence-corrected chi connectivity index (χ4v) is 1.85. The SMILES string of the molecule is CCCNCc1occc1-c1ccc(C)cc1. The lowest BCUT2D eigenvalue weighted by molar-refractivity contribution is 0.484. The molecule has 0 aliphatic rings. The van der Waals surface area contributed by atoms with Crippen molar-refractivity contribution in [1.29, 1.82) is 0 Å². The maximum absolute atomic E-state index is 5.53. The molecule has 17 heavy (non-hydrogen) atoms. The molecule has 0 saturated carbocycles. The molecule has 0 spiro atoms. The Morgan fingerprint density at radius 1 is 1.12 bits per heavy atom. The van der Waals surface area contributed by atoms with E-state index in [0.717, 1.165) is 25.3 Å². The molecule has 2 rings (SSSR count). The van der Waals surface area contributed by atoms with Crippen LogP contribution in [0.25, 0.3) is 11.1 Å². The summed E-state index contributed by atoms with van der Waals surface area (Å²) in [4.78, 5) is 0. The van der Waals surface area contributed by atoms with Crippen molar-refractivity contribution < 1.29 is 4.42 Å². The molecular weight excluding hydrogens is 210 g/mol. The molecule has 0 radical (unpaired) electrons. The van der Waals surface area contributed by atoms with Crippen LogP contribution in [0.3, 0.4) is 0 Å². The van der Waals surface area contributed by atoms with Crippen molar-refractivity contribution in [3.63, 3.8) is 0 Å². The van der Waals surface area contributed by atoms with Crippen LogP contribution >= 0.6 is 0 Å². The second-order valence-electron chi connectivity index (χ2n) is 4.30. The lowest BCUT2D eigenvalue weighted by Gasteiger charge is -2.04. The van der Waals surface area contributed by atoms with E-state index in [0.29, 0.717) is 0 Å². The first kappa shape index (κ1) is 11.9. The summed E-state index contributed by atoms with van der Waals surface area (Å²) in [5.74, 6) is 1.02. The molecule has 0 aliphatic carbocycles. The van der Waals surface area contributed by atoms with Gasteiger partial charge in [-0.2, -0.15) is 0 Å². The van der Waals surface area contributed by atoms with E-state index in [1.165, 1.54) is 16.7 Å². The first-order valence-electron chi connectivity index (χ1n) is 6.15. The number of rotatable bonds is 5. The summed E-state index contributed by atoms with van der Waals surface area (Å²) in [6, 6.07) is 10.6. The Balaban J connectivity index is 2.15. The highest BCUT2D eigenvalue weighted by atomic mass is 16.3. The van der Waals surface area contributed by atoms with Gasteiger partial charge in [0.25, 0.3) is 0 Å². The molecule has 0 unspecified atom stereocenters. The maximum Gasteiger partial charge on any atom is 0.125 e. The van der Waals surface area contributed by atoms with E-state index in [1.54, 1.807) is 6.26 Å². The summed E-state index contributed by atoms with van der Waals surface area (Å²) in [5.41, 5.74) is 3.69. The Kier molecular flexibility index (Phi) is 3.99. The molecule has 0 atom stereocenters. The molecule has 1 N–H and O–H groups in total. The van der Waals surface area contributed by atoms with E-state index in [9.17, 15) is 0 Å². The van der Waals surface area contributed by atoms with Crippen LogP contribution < -0.4 is 5.32 Å². The second-order valence-corrected chi connectivity index (χ2v) is 4.30. The third-order valence-corrected chi connectivity index (χ3v) is 2.82. The number of aryl methyl sites for hydroxylation is 1. The minimum Gasteiger partial charge on any atom is -0.467 e. The minimum absolute atomic E-state index is 0.796. The number of benzene rings is 1. The van der Waals surface area contributed by atoms with Gasteiger partial charge in [0.15, 0.2) is 0 Å². The van der Waals surface area contributed by atoms with Gasteiger partial charge >= 0.3 is 0 Å². The number of nitrogens with one attached hydrogen (secondary N) is 1. The molecule has 2 heteroatoms. The van der Waals surface area contributed by atoms with E-state index < -0.39 is 0 Å². The molecule has 0 amide bonds. The van der Waals surface area contributed by atoms with Gasteiger partial charge in [-0.3, -0.25) is 0 Å². The highest BCUT2D eigenvalue weighted by molar-refractivity contribution is 5.65. The topological polar surface area (TPSA) is 25.2 Å². The zero-order valence-corrected chi connectivity index (χ0v) is 10.5. The van der Waals surface area contributed by atoms with E-state index in [1.807, 2.05) is 6.07 Å². The monoisotopic (exact) mass is 229 g/mol. The first-order chi connectivity index (χ1) is 8.31. The maximum atomic E-state index is 5.53. The van der Waals surface area contributed by atoms with Crippen LogP contribution in [0.15, 0.2) is 41.0 Å². The van der Waals surface area contributed by atoms with Crippen molar-refractivity contribution in [2.45, 2.75) is 26.8 Å². The fourth-order valence-electron chi connectivity index (χ4n) is 1.85. The summed E-state index contributed by atoms with van der Waals surface area (Å²) in [6.07, 6.45) is 2.90. The van der Waals surface area contributed by atoms with Gasteiger partial charge < -0.3 is 9.73 Å². The van der Waals surface area contributed by atoms with Crippen molar-refractivity contribution in [2.75, 3.05) is 6.54 Å². The predicted molar refractivity (Wildman–Crippen MR) is 70.9 cm³/mol. The number of hydrogen-bond donors (Lipinski definition) is 1. The minimum atomic E-state index is 0.796. The zero-order valence-electron chi connectivity index (χ0n) is 10.5. The molecule has 90 valence electrons. The van der Waals surface area contributed by atoms with Crippen molar-refractivity contribution >= 4 is 0 Å². The van der Waals surface area contributed by atoms with Gasteiger partial charge in [0.05, 0.1) is 12.8 Å². The van der Waals surface area contributed by atoms with Gasteiger partial charge in [0.2, 0.25) is 0 Å². The number of hydrogen-bond acceptors (Lipinski definition) is 2. The Labute approximate surface area is 103 Å². The molecule has 0 bridgehead atoms. The first-order valence-corrected chi connectivity index (χ1v) is 6.15. The molecule has 1 heterocycles. The summed E-state index contributed by atoms with van der Waals surface area (Å²) in [6.45, 7) is 6.08. The van der Waals surface area contributed by atoms with Crippen molar-refractivity contribution in [1.82, 2.24) is 5.32 Å². The van der Waals surface area contributed by atoms with Crippen LogP contribution in [0.4, 0.5) is 0 Å². The highest BCUT2D eigenvalue weighted by Crippen LogP contribution is 2.25. The average Bonchev–Trinajstić information content (AvgIpc) is 2.79. The summed E-state index contributed by atoms with van der Waals surface area (Å²) in [7, 11) is 0. The van der Waals surface area contributed by atoms with E-state index in [-0.39, 0.29) is 0 Å². The summed E-state index contributed by atoms with van der Waals surface area (Å²) >= 11 is 0. The van der Waals surface area contributed by atoms with Gasteiger partial charge in [-0.05, 0) is 31.5 Å². The quantitative estimate of drug-likeness (QED) is 0.790.